The Labute approximate surface area is 130 Å². The molecule has 2 N–H and O–H groups in total. The highest BCUT2D eigenvalue weighted by atomic mass is 16.4. The van der Waals surface area contributed by atoms with Gasteiger partial charge in [-0.3, -0.25) is 10.1 Å². The number of nitrogens with zero attached hydrogens (tertiary/aromatic N) is 1. The second-order valence-electron chi connectivity index (χ2n) is 6.74. The number of carboxylic acids is 1. The number of nitrogens with one attached hydrogen (secondary N) is 1. The molecule has 0 saturated carbocycles. The lowest BCUT2D eigenvalue weighted by Gasteiger charge is -2.37. The molecule has 4 heteroatoms. The monoisotopic (exact) mass is 298 g/mol. The number of carboxylic acid groups (broad SMARTS) is 1. The zero-order valence-corrected chi connectivity index (χ0v) is 14.3. The molecule has 1 rings (SSSR count). The summed E-state index contributed by atoms with van der Waals surface area (Å²) in [6.07, 6.45) is 7.45. The molecular weight excluding hydrogens is 264 g/mol. The summed E-state index contributed by atoms with van der Waals surface area (Å²) in [6.45, 7) is 10.5. The molecule has 0 aromatic heterocycles. The smallest absolute Gasteiger partial charge is 0.323 e. The van der Waals surface area contributed by atoms with Crippen molar-refractivity contribution < 1.29 is 9.90 Å². The number of likely N-dealkylation sites (tertiary alicyclic amines) is 1. The molecule has 0 aromatic rings. The van der Waals surface area contributed by atoms with E-state index in [1.165, 1.54) is 32.2 Å². The Balaban J connectivity index is 2.54. The van der Waals surface area contributed by atoms with E-state index in [4.69, 9.17) is 0 Å². The van der Waals surface area contributed by atoms with Gasteiger partial charge in [-0.2, -0.15) is 0 Å². The second kappa shape index (κ2) is 8.74. The van der Waals surface area contributed by atoms with Crippen LogP contribution < -0.4 is 5.32 Å². The Kier molecular flexibility index (Phi) is 7.67. The summed E-state index contributed by atoms with van der Waals surface area (Å²) in [5.74, 6) is -0.704. The maximum Gasteiger partial charge on any atom is 0.323 e. The number of piperidine rings is 1. The predicted molar refractivity (Wildman–Crippen MR) is 87.7 cm³/mol. The molecule has 0 amide bonds. The van der Waals surface area contributed by atoms with Gasteiger partial charge in [-0.25, -0.2) is 0 Å². The van der Waals surface area contributed by atoms with Crippen LogP contribution in [0.5, 0.6) is 0 Å². The molecule has 0 radical (unpaired) electrons. The lowest BCUT2D eigenvalue weighted by molar-refractivity contribution is -0.146. The molecule has 0 bridgehead atoms. The average Bonchev–Trinajstić information content (AvgIpc) is 2.45. The van der Waals surface area contributed by atoms with E-state index in [1.807, 2.05) is 20.8 Å². The molecule has 0 spiro atoms. The fraction of sp³-hybridized carbons (Fsp3) is 0.941. The van der Waals surface area contributed by atoms with Crippen molar-refractivity contribution in [3.05, 3.63) is 0 Å². The Morgan fingerprint density at radius 2 is 2.10 bits per heavy atom. The van der Waals surface area contributed by atoms with Gasteiger partial charge in [-0.15, -0.1) is 0 Å². The Bertz CT molecular complexity index is 320. The van der Waals surface area contributed by atoms with Crippen LogP contribution in [0.4, 0.5) is 0 Å². The summed E-state index contributed by atoms with van der Waals surface area (Å²) in [4.78, 5) is 14.3. The van der Waals surface area contributed by atoms with Gasteiger partial charge in [-0.1, -0.05) is 20.3 Å². The molecule has 1 aliphatic rings. The van der Waals surface area contributed by atoms with Crippen LogP contribution in [0.1, 0.15) is 72.6 Å². The van der Waals surface area contributed by atoms with Crippen molar-refractivity contribution in [2.45, 2.75) is 90.3 Å². The lowest BCUT2D eigenvalue weighted by atomic mass is 9.89. The Morgan fingerprint density at radius 3 is 2.62 bits per heavy atom. The van der Waals surface area contributed by atoms with Gasteiger partial charge in [0.25, 0.3) is 0 Å². The highest BCUT2D eigenvalue weighted by Gasteiger charge is 2.36. The van der Waals surface area contributed by atoms with Crippen molar-refractivity contribution in [3.63, 3.8) is 0 Å². The summed E-state index contributed by atoms with van der Waals surface area (Å²) < 4.78 is 0. The van der Waals surface area contributed by atoms with E-state index in [0.29, 0.717) is 18.9 Å². The highest BCUT2D eigenvalue weighted by molar-refractivity contribution is 5.78. The third-order valence-corrected chi connectivity index (χ3v) is 4.85. The van der Waals surface area contributed by atoms with Crippen LogP contribution in [-0.4, -0.2) is 46.7 Å². The normalized spacial score (nSPS) is 23.2. The number of rotatable bonds is 9. The summed E-state index contributed by atoms with van der Waals surface area (Å²) in [6, 6.07) is 0.900. The SMILES string of the molecule is CCC1CCCCN1CCCC(CC)(NC(C)C)C(=O)O. The van der Waals surface area contributed by atoms with Crippen LogP contribution in [0, 0.1) is 0 Å². The van der Waals surface area contributed by atoms with Crippen molar-refractivity contribution in [3.8, 4) is 0 Å². The zero-order chi connectivity index (χ0) is 15.9. The zero-order valence-electron chi connectivity index (χ0n) is 14.3. The third kappa shape index (κ3) is 5.26. The van der Waals surface area contributed by atoms with Crippen molar-refractivity contribution in [1.29, 1.82) is 0 Å². The van der Waals surface area contributed by atoms with Gasteiger partial charge in [-0.05, 0) is 65.5 Å². The number of hydrogen-bond donors (Lipinski definition) is 2. The van der Waals surface area contributed by atoms with Crippen molar-refractivity contribution in [1.82, 2.24) is 10.2 Å². The first kappa shape index (κ1) is 18.4. The van der Waals surface area contributed by atoms with Crippen LogP contribution in [0.3, 0.4) is 0 Å². The number of hydrogen-bond acceptors (Lipinski definition) is 3. The van der Waals surface area contributed by atoms with E-state index in [9.17, 15) is 9.90 Å². The van der Waals surface area contributed by atoms with Crippen molar-refractivity contribution >= 4 is 5.97 Å². The Morgan fingerprint density at radius 1 is 1.38 bits per heavy atom. The first-order valence-corrected chi connectivity index (χ1v) is 8.70. The van der Waals surface area contributed by atoms with Crippen LogP contribution in [0.25, 0.3) is 0 Å². The van der Waals surface area contributed by atoms with Crippen LogP contribution in [0.15, 0.2) is 0 Å². The van der Waals surface area contributed by atoms with E-state index in [0.717, 1.165) is 13.0 Å². The molecule has 4 nitrogen and oxygen atoms in total. The van der Waals surface area contributed by atoms with Crippen molar-refractivity contribution in [2.75, 3.05) is 13.1 Å². The largest absolute Gasteiger partial charge is 0.480 e. The minimum absolute atomic E-state index is 0.194. The highest BCUT2D eigenvalue weighted by Crippen LogP contribution is 2.23. The van der Waals surface area contributed by atoms with E-state index in [1.54, 1.807) is 0 Å². The van der Waals surface area contributed by atoms with E-state index in [-0.39, 0.29) is 6.04 Å². The van der Waals surface area contributed by atoms with Crippen LogP contribution >= 0.6 is 0 Å². The van der Waals surface area contributed by atoms with Crippen LogP contribution in [-0.2, 0) is 4.79 Å². The number of aliphatic carboxylic acids is 1. The van der Waals surface area contributed by atoms with E-state index in [2.05, 4.69) is 17.1 Å². The van der Waals surface area contributed by atoms with Crippen molar-refractivity contribution in [2.24, 2.45) is 0 Å². The standard InChI is InChI=1S/C17H34N2O2/c1-5-15-10-7-8-12-19(15)13-9-11-17(6-2,16(20)21)18-14(3)4/h14-15,18H,5-13H2,1-4H3,(H,20,21). The molecule has 1 saturated heterocycles. The predicted octanol–water partition coefficient (Wildman–Crippen LogP) is 3.26. The number of carbonyl (C=O) groups is 1. The second-order valence-corrected chi connectivity index (χ2v) is 6.74. The van der Waals surface area contributed by atoms with Gasteiger partial charge in [0, 0.05) is 12.1 Å². The molecule has 2 unspecified atom stereocenters. The summed E-state index contributed by atoms with van der Waals surface area (Å²) in [5.41, 5.74) is -0.758. The van der Waals surface area contributed by atoms with Gasteiger partial charge in [0.1, 0.15) is 5.54 Å². The average molecular weight is 298 g/mol. The first-order valence-electron chi connectivity index (χ1n) is 8.70. The molecule has 1 heterocycles. The van der Waals surface area contributed by atoms with E-state index < -0.39 is 11.5 Å². The topological polar surface area (TPSA) is 52.6 Å². The molecule has 1 fully saturated rings. The maximum atomic E-state index is 11.7. The minimum Gasteiger partial charge on any atom is -0.480 e. The minimum atomic E-state index is -0.758. The molecule has 21 heavy (non-hydrogen) atoms. The summed E-state index contributed by atoms with van der Waals surface area (Å²) in [7, 11) is 0. The lowest BCUT2D eigenvalue weighted by Crippen LogP contribution is -2.54. The third-order valence-electron chi connectivity index (χ3n) is 4.85. The quantitative estimate of drug-likeness (QED) is 0.686. The van der Waals surface area contributed by atoms with Gasteiger partial charge in [0.2, 0.25) is 0 Å². The van der Waals surface area contributed by atoms with Gasteiger partial charge in [0.15, 0.2) is 0 Å². The van der Waals surface area contributed by atoms with Crippen LogP contribution in [0.2, 0.25) is 0 Å². The molecule has 1 aliphatic heterocycles. The van der Waals surface area contributed by atoms with E-state index >= 15 is 0 Å². The molecule has 2 atom stereocenters. The first-order chi connectivity index (χ1) is 9.95. The van der Waals surface area contributed by atoms with Gasteiger partial charge in [0.05, 0.1) is 0 Å². The summed E-state index contributed by atoms with van der Waals surface area (Å²) >= 11 is 0. The molecule has 0 aliphatic carbocycles. The molecular formula is C17H34N2O2. The maximum absolute atomic E-state index is 11.7. The summed E-state index contributed by atoms with van der Waals surface area (Å²) in [5, 5.41) is 12.9. The molecule has 0 aromatic carbocycles. The molecule has 124 valence electrons. The van der Waals surface area contributed by atoms with Gasteiger partial charge >= 0.3 is 5.97 Å². The fourth-order valence-corrected chi connectivity index (χ4v) is 3.62. The Hall–Kier alpha value is -0.610. The van der Waals surface area contributed by atoms with Gasteiger partial charge < -0.3 is 10.0 Å². The fourth-order valence-electron chi connectivity index (χ4n) is 3.62.